The standard InChI is InChI=1S/C26H43N5/c1-27-26(31-20-13-25(22-31)30-16-7-8-17-30)28-14-5-6-15-29-18-11-24(12-19-29)21-23-9-3-2-4-10-23/h2-4,9-10,24-25H,5-8,11-22H2,1H3,(H,27,28). The maximum atomic E-state index is 4.56. The van der Waals surface area contributed by atoms with Gasteiger partial charge in [-0.25, -0.2) is 0 Å². The molecule has 3 heterocycles. The highest BCUT2D eigenvalue weighted by Gasteiger charge is 2.30. The first-order chi connectivity index (χ1) is 15.3. The number of hydrogen-bond donors (Lipinski definition) is 1. The van der Waals surface area contributed by atoms with E-state index in [9.17, 15) is 0 Å². The first-order valence-corrected chi connectivity index (χ1v) is 12.8. The number of rotatable bonds is 8. The third-order valence-electron chi connectivity index (χ3n) is 7.59. The van der Waals surface area contributed by atoms with E-state index in [1.807, 2.05) is 7.05 Å². The molecule has 4 rings (SSSR count). The number of benzene rings is 1. The Balaban J connectivity index is 1.07. The largest absolute Gasteiger partial charge is 0.356 e. The second-order valence-electron chi connectivity index (χ2n) is 9.79. The number of likely N-dealkylation sites (tertiary alicyclic amines) is 3. The van der Waals surface area contributed by atoms with Gasteiger partial charge in [0.25, 0.3) is 0 Å². The Morgan fingerprint density at radius 1 is 0.968 bits per heavy atom. The summed E-state index contributed by atoms with van der Waals surface area (Å²) < 4.78 is 0. The number of unbranched alkanes of at least 4 members (excludes halogenated alkanes) is 1. The lowest BCUT2D eigenvalue weighted by atomic mass is 9.90. The van der Waals surface area contributed by atoms with Gasteiger partial charge < -0.3 is 15.1 Å². The van der Waals surface area contributed by atoms with Gasteiger partial charge >= 0.3 is 0 Å². The zero-order valence-corrected chi connectivity index (χ0v) is 19.6. The van der Waals surface area contributed by atoms with Crippen molar-refractivity contribution in [3.05, 3.63) is 35.9 Å². The first kappa shape index (κ1) is 22.6. The van der Waals surface area contributed by atoms with Crippen molar-refractivity contribution in [3.8, 4) is 0 Å². The number of guanidine groups is 1. The molecule has 5 heteroatoms. The zero-order valence-electron chi connectivity index (χ0n) is 19.6. The Morgan fingerprint density at radius 2 is 1.74 bits per heavy atom. The Labute approximate surface area is 189 Å². The minimum Gasteiger partial charge on any atom is -0.356 e. The molecule has 0 spiro atoms. The maximum Gasteiger partial charge on any atom is 0.193 e. The van der Waals surface area contributed by atoms with E-state index in [0.717, 1.165) is 37.6 Å². The molecule has 1 N–H and O–H groups in total. The lowest BCUT2D eigenvalue weighted by molar-refractivity contribution is 0.181. The Kier molecular flexibility index (Phi) is 8.65. The molecule has 3 aliphatic heterocycles. The average Bonchev–Trinajstić information content (AvgIpc) is 3.50. The first-order valence-electron chi connectivity index (χ1n) is 12.8. The molecule has 172 valence electrons. The number of aliphatic imine (C=N–C) groups is 1. The van der Waals surface area contributed by atoms with Crippen LogP contribution >= 0.6 is 0 Å². The Morgan fingerprint density at radius 3 is 2.48 bits per heavy atom. The van der Waals surface area contributed by atoms with Crippen LogP contribution in [0.4, 0.5) is 0 Å². The smallest absolute Gasteiger partial charge is 0.193 e. The lowest BCUT2D eigenvalue weighted by Crippen LogP contribution is -2.43. The van der Waals surface area contributed by atoms with E-state index in [0.29, 0.717) is 0 Å². The monoisotopic (exact) mass is 425 g/mol. The summed E-state index contributed by atoms with van der Waals surface area (Å²) in [6, 6.07) is 11.8. The van der Waals surface area contributed by atoms with Crippen LogP contribution in [0, 0.1) is 5.92 Å². The van der Waals surface area contributed by atoms with Crippen LogP contribution in [0.15, 0.2) is 35.3 Å². The van der Waals surface area contributed by atoms with E-state index < -0.39 is 0 Å². The molecule has 0 saturated carbocycles. The van der Waals surface area contributed by atoms with Crippen molar-refractivity contribution in [3.63, 3.8) is 0 Å². The van der Waals surface area contributed by atoms with Crippen LogP contribution in [0.25, 0.3) is 0 Å². The molecule has 1 unspecified atom stereocenters. The van der Waals surface area contributed by atoms with Crippen LogP contribution in [-0.2, 0) is 6.42 Å². The van der Waals surface area contributed by atoms with Crippen LogP contribution in [0.1, 0.15) is 50.5 Å². The fourth-order valence-corrected chi connectivity index (χ4v) is 5.69. The predicted octanol–water partition coefficient (Wildman–Crippen LogP) is 3.47. The van der Waals surface area contributed by atoms with Crippen LogP contribution < -0.4 is 5.32 Å². The van der Waals surface area contributed by atoms with Gasteiger partial charge in [-0.1, -0.05) is 30.3 Å². The fourth-order valence-electron chi connectivity index (χ4n) is 5.69. The minimum absolute atomic E-state index is 0.742. The van der Waals surface area contributed by atoms with Gasteiger partial charge in [0.15, 0.2) is 5.96 Å². The summed E-state index contributed by atoms with van der Waals surface area (Å²) >= 11 is 0. The summed E-state index contributed by atoms with van der Waals surface area (Å²) in [5.41, 5.74) is 1.50. The molecule has 0 bridgehead atoms. The molecule has 1 aromatic rings. The molecule has 3 aliphatic rings. The van der Waals surface area contributed by atoms with Gasteiger partial charge in [-0.2, -0.15) is 0 Å². The number of nitrogens with zero attached hydrogens (tertiary/aromatic N) is 4. The summed E-state index contributed by atoms with van der Waals surface area (Å²) in [6.07, 6.45) is 10.5. The number of hydrogen-bond acceptors (Lipinski definition) is 3. The van der Waals surface area contributed by atoms with Crippen LogP contribution in [0.3, 0.4) is 0 Å². The molecule has 0 aliphatic carbocycles. The highest BCUT2D eigenvalue weighted by molar-refractivity contribution is 5.80. The minimum atomic E-state index is 0.742. The van der Waals surface area contributed by atoms with E-state index in [1.54, 1.807) is 0 Å². The summed E-state index contributed by atoms with van der Waals surface area (Å²) in [5, 5.41) is 3.63. The summed E-state index contributed by atoms with van der Waals surface area (Å²) in [6.45, 7) is 9.75. The van der Waals surface area contributed by atoms with E-state index in [1.165, 1.54) is 89.7 Å². The zero-order chi connectivity index (χ0) is 21.3. The van der Waals surface area contributed by atoms with Crippen LogP contribution in [0.2, 0.25) is 0 Å². The molecular weight excluding hydrogens is 382 g/mol. The second-order valence-corrected chi connectivity index (χ2v) is 9.79. The third kappa shape index (κ3) is 6.69. The topological polar surface area (TPSA) is 34.1 Å². The SMILES string of the molecule is CN=C(NCCCCN1CCC(Cc2ccccc2)CC1)N1CCC(N2CCCC2)C1. The second kappa shape index (κ2) is 11.9. The van der Waals surface area contributed by atoms with Crippen molar-refractivity contribution in [1.82, 2.24) is 20.0 Å². The van der Waals surface area contributed by atoms with Gasteiger partial charge in [0, 0.05) is 32.7 Å². The van der Waals surface area contributed by atoms with E-state index in [4.69, 9.17) is 0 Å². The molecule has 5 nitrogen and oxygen atoms in total. The third-order valence-corrected chi connectivity index (χ3v) is 7.59. The predicted molar refractivity (Wildman–Crippen MR) is 131 cm³/mol. The van der Waals surface area contributed by atoms with Crippen LogP contribution in [0.5, 0.6) is 0 Å². The quantitative estimate of drug-likeness (QED) is 0.393. The summed E-state index contributed by atoms with van der Waals surface area (Å²) in [7, 11) is 1.94. The molecule has 0 aromatic heterocycles. The Hall–Kier alpha value is -1.59. The molecule has 0 amide bonds. The average molecular weight is 426 g/mol. The molecular formula is C26H43N5. The Bertz CT molecular complexity index is 662. The van der Waals surface area contributed by atoms with E-state index in [-0.39, 0.29) is 0 Å². The normalized spacial score (nSPS) is 24.2. The summed E-state index contributed by atoms with van der Waals surface area (Å²) in [5.74, 6) is 1.98. The molecule has 1 aromatic carbocycles. The van der Waals surface area contributed by atoms with Gasteiger partial charge in [-0.15, -0.1) is 0 Å². The van der Waals surface area contributed by atoms with Crippen LogP contribution in [-0.4, -0.2) is 86.1 Å². The molecule has 3 saturated heterocycles. The van der Waals surface area contributed by atoms with Gasteiger partial charge in [0.05, 0.1) is 0 Å². The molecule has 1 atom stereocenters. The van der Waals surface area contributed by atoms with E-state index >= 15 is 0 Å². The van der Waals surface area contributed by atoms with Crippen molar-refractivity contribution < 1.29 is 0 Å². The molecule has 31 heavy (non-hydrogen) atoms. The highest BCUT2D eigenvalue weighted by Crippen LogP contribution is 2.22. The van der Waals surface area contributed by atoms with Crippen molar-refractivity contribution in [2.45, 2.75) is 57.4 Å². The highest BCUT2D eigenvalue weighted by atomic mass is 15.3. The van der Waals surface area contributed by atoms with Crippen molar-refractivity contribution >= 4 is 5.96 Å². The molecule has 0 radical (unpaired) electrons. The van der Waals surface area contributed by atoms with Crippen molar-refractivity contribution in [2.24, 2.45) is 10.9 Å². The summed E-state index contributed by atoms with van der Waals surface area (Å²) in [4.78, 5) is 12.4. The van der Waals surface area contributed by atoms with Gasteiger partial charge in [-0.3, -0.25) is 9.89 Å². The molecule has 3 fully saturated rings. The number of piperidine rings is 1. The van der Waals surface area contributed by atoms with Gasteiger partial charge in [0.2, 0.25) is 0 Å². The van der Waals surface area contributed by atoms with E-state index in [2.05, 4.69) is 55.3 Å². The maximum absolute atomic E-state index is 4.56. The van der Waals surface area contributed by atoms with Crippen molar-refractivity contribution in [2.75, 3.05) is 59.4 Å². The van der Waals surface area contributed by atoms with Crippen molar-refractivity contribution in [1.29, 1.82) is 0 Å². The fraction of sp³-hybridized carbons (Fsp3) is 0.731. The lowest BCUT2D eigenvalue weighted by Gasteiger charge is -2.32. The number of nitrogens with one attached hydrogen (secondary N) is 1. The van der Waals surface area contributed by atoms with Gasteiger partial charge in [0.1, 0.15) is 0 Å². The van der Waals surface area contributed by atoms with Gasteiger partial charge in [-0.05, 0) is 95.6 Å².